The Morgan fingerprint density at radius 1 is 2.00 bits per heavy atom. The van der Waals surface area contributed by atoms with Crippen LogP contribution in [0.1, 0.15) is 0 Å². The van der Waals surface area contributed by atoms with Gasteiger partial charge in [0, 0.05) is 0 Å². The van der Waals surface area contributed by atoms with Gasteiger partial charge in [0.05, 0.1) is 0 Å². The van der Waals surface area contributed by atoms with Gasteiger partial charge >= 0.3 is 35.6 Å². The summed E-state index contributed by atoms with van der Waals surface area (Å²) < 4.78 is 9.50. The molecule has 0 saturated carbocycles. The molecule has 0 N–H and O–H groups in total. The average molecular weight is 134 g/mol. The first-order chi connectivity index (χ1) is 1.73. The van der Waals surface area contributed by atoms with Gasteiger partial charge in [0.25, 0.3) is 0 Å². The van der Waals surface area contributed by atoms with E-state index in [2.05, 4.69) is 0 Å². The van der Waals surface area contributed by atoms with E-state index < -0.39 is 13.5 Å². The molecule has 1 nitrogen and oxygen atoms in total. The van der Waals surface area contributed by atoms with Crippen LogP contribution in [-0.2, 0) is 17.1 Å². The summed E-state index contributed by atoms with van der Waals surface area (Å²) in [5, 5.41) is 0. The third-order valence-corrected chi connectivity index (χ3v) is 0. The maximum absolute atomic E-state index is 9.50. The van der Waals surface area contributed by atoms with Gasteiger partial charge in [-0.25, -0.2) is 0 Å². The predicted octanol–water partition coefficient (Wildman–Crippen LogP) is -0.616. The zero-order chi connectivity index (χ0) is 3.58. The Morgan fingerprint density at radius 2 is 2.00 bits per heavy atom. The second-order valence-electron chi connectivity index (χ2n) is 0.421. The van der Waals surface area contributed by atoms with Crippen molar-refractivity contribution in [2.75, 3.05) is 0 Å². The van der Waals surface area contributed by atoms with Gasteiger partial charge in [0.2, 0.25) is 0 Å². The fourth-order valence-corrected chi connectivity index (χ4v) is 0. The second kappa shape index (κ2) is 2.15. The van der Waals surface area contributed by atoms with Crippen LogP contribution in [0, 0.1) is 0 Å². The molecule has 0 bridgehead atoms. The number of hydrogen-bond acceptors (Lipinski definition) is 1. The summed E-state index contributed by atoms with van der Waals surface area (Å²) in [7, 11) is 5.63. The molecule has 0 aliphatic rings. The van der Waals surface area contributed by atoms with Gasteiger partial charge in [0.15, 0.2) is 0 Å². The van der Waals surface area contributed by atoms with Crippen LogP contribution in [0.4, 0.5) is 0 Å². The molecule has 4 heavy (non-hydrogen) atoms. The van der Waals surface area contributed by atoms with Crippen LogP contribution in [-0.4, -0.2) is 8.62 Å². The Labute approximate surface area is 36.0 Å². The molecule has 0 spiro atoms. The molecule has 0 amide bonds. The molecule has 0 aromatic heterocycles. The Hall–Kier alpha value is 0.891. The first-order valence-electron chi connectivity index (χ1n) is 0.799. The fourth-order valence-electron chi connectivity index (χ4n) is 0. The normalized spacial score (nSPS) is 7.25. The fraction of sp³-hybridized carbons (Fsp3) is 0. The van der Waals surface area contributed by atoms with Crippen LogP contribution < -0.4 is 0 Å². The zero-order valence-electron chi connectivity index (χ0n) is 2.23. The molecule has 0 atom stereocenters. The molecular formula is H3ClOSiV. The van der Waals surface area contributed by atoms with Gasteiger partial charge in [-0.1, -0.05) is 0 Å². The van der Waals surface area contributed by atoms with E-state index in [0.717, 1.165) is 0 Å². The number of halogens is 1. The van der Waals surface area contributed by atoms with Gasteiger partial charge in [-0.2, -0.15) is 0 Å². The van der Waals surface area contributed by atoms with Crippen LogP contribution in [0.25, 0.3) is 0 Å². The molecule has 0 fully saturated rings. The topological polar surface area (TPSA) is 17.1 Å². The number of rotatable bonds is 0. The molecule has 0 aliphatic carbocycles. The summed E-state index contributed by atoms with van der Waals surface area (Å²) in [4.78, 5) is 0. The Morgan fingerprint density at radius 3 is 2.00 bits per heavy atom. The standard InChI is InChI=1S/ClH.O.H3Si.V/h1H;;1H3;/q;;;+1/p-1. The predicted molar refractivity (Wildman–Crippen MR) is 16.5 cm³/mol. The van der Waals surface area contributed by atoms with Crippen molar-refractivity contribution >= 4 is 18.5 Å². The third kappa shape index (κ3) is 13.0. The van der Waals surface area contributed by atoms with E-state index in [9.17, 15) is 3.67 Å². The van der Waals surface area contributed by atoms with Crippen molar-refractivity contribution in [1.29, 1.82) is 0 Å². The van der Waals surface area contributed by atoms with Crippen LogP contribution in [0.5, 0.6) is 0 Å². The Kier molecular flexibility index (Phi) is 2.63. The van der Waals surface area contributed by atoms with Crippen LogP contribution in [0.15, 0.2) is 0 Å². The minimum atomic E-state index is -1.83. The molecule has 0 radical (unpaired) electrons. The summed E-state index contributed by atoms with van der Waals surface area (Å²) in [5.74, 6) is 0. The molecule has 25 valence electrons. The van der Waals surface area contributed by atoms with E-state index in [1.165, 1.54) is 0 Å². The van der Waals surface area contributed by atoms with Crippen molar-refractivity contribution < 1.29 is 17.1 Å². The third-order valence-electron chi connectivity index (χ3n) is 0. The van der Waals surface area contributed by atoms with E-state index in [-0.39, 0.29) is 0 Å². The van der Waals surface area contributed by atoms with Crippen LogP contribution in [0.3, 0.4) is 0 Å². The van der Waals surface area contributed by atoms with Gasteiger partial charge in [-0.3, -0.25) is 0 Å². The van der Waals surface area contributed by atoms with Crippen molar-refractivity contribution in [3.05, 3.63) is 0 Å². The van der Waals surface area contributed by atoms with Crippen molar-refractivity contribution in [1.82, 2.24) is 0 Å². The maximum atomic E-state index is 9.50. The van der Waals surface area contributed by atoms with Crippen LogP contribution in [0.2, 0.25) is 0 Å². The average Bonchev–Trinajstić information content (AvgIpc) is 0.811. The Balaban J connectivity index is 2.80. The molecule has 4 heteroatoms. The minimum absolute atomic E-state index is 0.704. The first-order valence-corrected chi connectivity index (χ1v) is 8.38. The zero-order valence-corrected chi connectivity index (χ0v) is 6.39. The molecule has 0 heterocycles. The second-order valence-corrected chi connectivity index (χ2v) is 9.38. The van der Waals surface area contributed by atoms with Crippen LogP contribution >= 0.6 is 9.85 Å². The van der Waals surface area contributed by atoms with E-state index in [1.54, 1.807) is 0 Å². The summed E-state index contributed by atoms with van der Waals surface area (Å²) in [5.41, 5.74) is 0. The Bertz CT molecular complexity index is 31.0. The summed E-state index contributed by atoms with van der Waals surface area (Å²) in [6.45, 7) is 0. The summed E-state index contributed by atoms with van der Waals surface area (Å²) >= 11 is -1.83. The first kappa shape index (κ1) is 4.89. The summed E-state index contributed by atoms with van der Waals surface area (Å²) in [6, 6.07) is 0. The van der Waals surface area contributed by atoms with Gasteiger partial charge in [-0.05, 0) is 0 Å². The molecule has 0 aromatic rings. The van der Waals surface area contributed by atoms with Crippen molar-refractivity contribution in [2.24, 2.45) is 0 Å². The molecule has 0 unspecified atom stereocenters. The van der Waals surface area contributed by atoms with Gasteiger partial charge in [0.1, 0.15) is 0 Å². The van der Waals surface area contributed by atoms with Crippen molar-refractivity contribution in [3.63, 3.8) is 0 Å². The van der Waals surface area contributed by atoms with Gasteiger partial charge < -0.3 is 0 Å². The van der Waals surface area contributed by atoms with E-state index in [1.807, 2.05) is 0 Å². The van der Waals surface area contributed by atoms with E-state index >= 15 is 0 Å². The van der Waals surface area contributed by atoms with Gasteiger partial charge in [-0.15, -0.1) is 0 Å². The van der Waals surface area contributed by atoms with E-state index in [0.29, 0.717) is 8.62 Å². The van der Waals surface area contributed by atoms with Crippen molar-refractivity contribution in [3.8, 4) is 0 Å². The number of hydrogen-bond donors (Lipinski definition) is 0. The molecule has 0 saturated heterocycles. The molecular weight excluding hydrogens is 130 g/mol. The monoisotopic (exact) mass is 133 g/mol. The SMILES string of the molecule is [O]=[V]([SiH3])[Cl]. The van der Waals surface area contributed by atoms with E-state index in [4.69, 9.17) is 9.85 Å². The quantitative estimate of drug-likeness (QED) is 0.403. The molecule has 0 aliphatic heterocycles. The summed E-state index contributed by atoms with van der Waals surface area (Å²) in [6.07, 6.45) is 0. The molecule has 0 aromatic carbocycles. The van der Waals surface area contributed by atoms with Crippen molar-refractivity contribution in [2.45, 2.75) is 0 Å². The molecule has 0 rings (SSSR count).